The van der Waals surface area contributed by atoms with Crippen molar-refractivity contribution in [3.63, 3.8) is 0 Å². The topological polar surface area (TPSA) is 47.6 Å². The van der Waals surface area contributed by atoms with Gasteiger partial charge in [0.15, 0.2) is 0 Å². The number of hydrogen-bond acceptors (Lipinski definition) is 4. The van der Waals surface area contributed by atoms with Crippen LogP contribution < -0.4 is 0 Å². The molecule has 0 aliphatic carbocycles. The van der Waals surface area contributed by atoms with Gasteiger partial charge in [0.2, 0.25) is 0 Å². The van der Waals surface area contributed by atoms with Crippen LogP contribution in [0.2, 0.25) is 0 Å². The quantitative estimate of drug-likeness (QED) is 0.643. The van der Waals surface area contributed by atoms with Crippen LogP contribution in [0, 0.1) is 22.7 Å². The molecule has 0 amide bonds. The van der Waals surface area contributed by atoms with Gasteiger partial charge in [0.25, 0.3) is 0 Å². The summed E-state index contributed by atoms with van der Waals surface area (Å²) >= 11 is 5.48. The van der Waals surface area contributed by atoms with Crippen LogP contribution in [0.3, 0.4) is 0 Å². The Bertz CT molecular complexity index is 438. The number of thiol groups is 1. The van der Waals surface area contributed by atoms with Crippen molar-refractivity contribution < 1.29 is 0 Å². The Balaban J connectivity index is 3.00. The third-order valence-corrected chi connectivity index (χ3v) is 3.02. The second-order valence-electron chi connectivity index (χ2n) is 2.60. The van der Waals surface area contributed by atoms with Crippen molar-refractivity contribution in [3.8, 4) is 12.1 Å². The minimum absolute atomic E-state index is 0.302. The molecule has 0 radical (unpaired) electrons. The van der Waals surface area contributed by atoms with Crippen molar-refractivity contribution >= 4 is 30.0 Å². The second-order valence-corrected chi connectivity index (χ2v) is 4.34. The fraction of sp³-hybridized carbons (Fsp3) is 0.0909. The maximum absolute atomic E-state index is 9.00. The molecule has 15 heavy (non-hydrogen) atoms. The van der Waals surface area contributed by atoms with E-state index in [1.165, 1.54) is 11.8 Å². The Hall–Kier alpha value is -1.36. The number of benzene rings is 1. The second kappa shape index (κ2) is 6.19. The molecule has 0 saturated carbocycles. The normalized spacial score (nSPS) is 11.1. The summed E-state index contributed by atoms with van der Waals surface area (Å²) in [5.41, 5.74) is 1.34. The van der Waals surface area contributed by atoms with Crippen LogP contribution >= 0.6 is 24.4 Å². The molecule has 1 rings (SSSR count). The molecule has 74 valence electrons. The molecule has 0 heterocycles. The van der Waals surface area contributed by atoms with Crippen LogP contribution in [0.25, 0.3) is 5.57 Å². The van der Waals surface area contributed by atoms with Crippen LogP contribution in [0.1, 0.15) is 5.56 Å². The lowest BCUT2D eigenvalue weighted by molar-refractivity contribution is 1.50. The molecule has 0 aromatic heterocycles. The van der Waals surface area contributed by atoms with Gasteiger partial charge in [0, 0.05) is 0 Å². The van der Waals surface area contributed by atoms with E-state index in [2.05, 4.69) is 18.7 Å². The zero-order chi connectivity index (χ0) is 11.1. The van der Waals surface area contributed by atoms with Crippen molar-refractivity contribution in [2.75, 3.05) is 5.75 Å². The van der Waals surface area contributed by atoms with Crippen LogP contribution in [0.15, 0.2) is 34.6 Å². The minimum Gasteiger partial charge on any atom is -0.197 e. The first-order chi connectivity index (χ1) is 7.29. The first kappa shape index (κ1) is 11.7. The van der Waals surface area contributed by atoms with Gasteiger partial charge in [0.1, 0.15) is 6.07 Å². The Morgan fingerprint density at radius 1 is 1.27 bits per heavy atom. The third-order valence-electron chi connectivity index (χ3n) is 1.66. The largest absolute Gasteiger partial charge is 0.197 e. The minimum atomic E-state index is 0.302. The van der Waals surface area contributed by atoms with E-state index >= 15 is 0 Å². The van der Waals surface area contributed by atoms with E-state index in [0.717, 1.165) is 5.56 Å². The molecule has 0 fully saturated rings. The summed E-state index contributed by atoms with van der Waals surface area (Å²) in [4.78, 5) is 0. The molecule has 1 aromatic carbocycles. The van der Waals surface area contributed by atoms with Gasteiger partial charge in [-0.3, -0.25) is 0 Å². The standard InChI is InChI=1S/C11H8N2S2/c12-6-7-15-11(14)10(8-13)9-4-2-1-3-5-9/h1-5,14H,7H2/b11-10+. The lowest BCUT2D eigenvalue weighted by atomic mass is 10.1. The zero-order valence-electron chi connectivity index (χ0n) is 7.84. The van der Waals surface area contributed by atoms with Crippen LogP contribution in [0.5, 0.6) is 0 Å². The zero-order valence-corrected chi connectivity index (χ0v) is 9.55. The van der Waals surface area contributed by atoms with Gasteiger partial charge < -0.3 is 0 Å². The van der Waals surface area contributed by atoms with Gasteiger partial charge in [0.05, 0.1) is 21.6 Å². The molecule has 1 aromatic rings. The molecular weight excluding hydrogens is 224 g/mol. The number of hydrogen-bond donors (Lipinski definition) is 1. The monoisotopic (exact) mass is 232 g/mol. The molecular formula is C11H8N2S2. The van der Waals surface area contributed by atoms with E-state index < -0.39 is 0 Å². The van der Waals surface area contributed by atoms with Crippen molar-refractivity contribution in [1.82, 2.24) is 0 Å². The van der Waals surface area contributed by atoms with Crippen LogP contribution in [0.4, 0.5) is 0 Å². The molecule has 2 nitrogen and oxygen atoms in total. The lowest BCUT2D eigenvalue weighted by Gasteiger charge is -2.02. The van der Waals surface area contributed by atoms with E-state index in [9.17, 15) is 0 Å². The van der Waals surface area contributed by atoms with Crippen molar-refractivity contribution in [2.45, 2.75) is 0 Å². The highest BCUT2D eigenvalue weighted by atomic mass is 32.2. The number of rotatable bonds is 3. The van der Waals surface area contributed by atoms with Crippen LogP contribution in [-0.4, -0.2) is 5.75 Å². The van der Waals surface area contributed by atoms with Gasteiger partial charge in [-0.25, -0.2) is 0 Å². The Labute approximate surface area is 98.6 Å². The maximum Gasteiger partial charge on any atom is 0.101 e. The highest BCUT2D eigenvalue weighted by molar-refractivity contribution is 8.15. The van der Waals surface area contributed by atoms with Crippen LogP contribution in [-0.2, 0) is 0 Å². The molecule has 0 saturated heterocycles. The summed E-state index contributed by atoms with van der Waals surface area (Å²) in [6.07, 6.45) is 0. The summed E-state index contributed by atoms with van der Waals surface area (Å²) in [5, 5.41) is 17.4. The Morgan fingerprint density at radius 2 is 1.93 bits per heavy atom. The van der Waals surface area contributed by atoms with E-state index in [-0.39, 0.29) is 0 Å². The first-order valence-electron chi connectivity index (χ1n) is 4.18. The van der Waals surface area contributed by atoms with Crippen molar-refractivity contribution in [1.29, 1.82) is 10.5 Å². The highest BCUT2D eigenvalue weighted by Gasteiger charge is 2.05. The number of allylic oxidation sites excluding steroid dienone is 1. The molecule has 0 unspecified atom stereocenters. The summed E-state index contributed by atoms with van der Waals surface area (Å²) < 4.78 is 0.588. The number of nitriles is 2. The molecule has 0 aliphatic rings. The van der Waals surface area contributed by atoms with E-state index in [1.54, 1.807) is 0 Å². The predicted octanol–water partition coefficient (Wildman–Crippen LogP) is 3.07. The number of thioether (sulfide) groups is 1. The van der Waals surface area contributed by atoms with Crippen molar-refractivity contribution in [3.05, 3.63) is 40.1 Å². The molecule has 4 heteroatoms. The van der Waals surface area contributed by atoms with E-state index in [0.29, 0.717) is 15.6 Å². The first-order valence-corrected chi connectivity index (χ1v) is 5.61. The number of nitrogens with zero attached hydrogens (tertiary/aromatic N) is 2. The van der Waals surface area contributed by atoms with E-state index in [4.69, 9.17) is 10.5 Å². The van der Waals surface area contributed by atoms with E-state index in [1.807, 2.05) is 36.4 Å². The van der Waals surface area contributed by atoms with Gasteiger partial charge in [-0.15, -0.1) is 24.4 Å². The lowest BCUT2D eigenvalue weighted by Crippen LogP contribution is -1.83. The SMILES string of the molecule is N#CCS/C(S)=C(\C#N)c1ccccc1. The van der Waals surface area contributed by atoms with Gasteiger partial charge in [-0.05, 0) is 5.56 Å². The molecule has 0 N–H and O–H groups in total. The summed E-state index contributed by atoms with van der Waals surface area (Å²) in [5.74, 6) is 0.302. The molecule has 0 aliphatic heterocycles. The molecule has 0 spiro atoms. The average Bonchev–Trinajstić information content (AvgIpc) is 2.29. The van der Waals surface area contributed by atoms with Crippen molar-refractivity contribution in [2.24, 2.45) is 0 Å². The smallest absolute Gasteiger partial charge is 0.101 e. The molecule has 0 atom stereocenters. The average molecular weight is 232 g/mol. The Morgan fingerprint density at radius 3 is 2.47 bits per heavy atom. The third kappa shape index (κ3) is 3.36. The van der Waals surface area contributed by atoms with Gasteiger partial charge >= 0.3 is 0 Å². The van der Waals surface area contributed by atoms with Gasteiger partial charge in [-0.1, -0.05) is 30.3 Å². The fourth-order valence-corrected chi connectivity index (χ4v) is 1.90. The molecule has 0 bridgehead atoms. The maximum atomic E-state index is 9.00. The fourth-order valence-electron chi connectivity index (χ4n) is 1.01. The summed E-state index contributed by atoms with van der Waals surface area (Å²) in [6, 6.07) is 13.4. The highest BCUT2D eigenvalue weighted by Crippen LogP contribution is 2.28. The van der Waals surface area contributed by atoms with Gasteiger partial charge in [-0.2, -0.15) is 10.5 Å². The predicted molar refractivity (Wildman–Crippen MR) is 66.0 cm³/mol. The summed E-state index contributed by atoms with van der Waals surface area (Å²) in [7, 11) is 0. The summed E-state index contributed by atoms with van der Waals surface area (Å²) in [6.45, 7) is 0. The Kier molecular flexibility index (Phi) is 4.83.